The van der Waals surface area contributed by atoms with E-state index in [1.165, 1.54) is 6.26 Å². The molecule has 1 amide bonds. The molecule has 0 aromatic heterocycles. The number of carbonyl (C=O) groups excluding carboxylic acids is 1. The maximum Gasteiger partial charge on any atom is 0.250 e. The fourth-order valence-electron chi connectivity index (χ4n) is 5.91. The number of sulfone groups is 1. The Kier molecular flexibility index (Phi) is 8.06. The van der Waals surface area contributed by atoms with Crippen LogP contribution in [0.4, 0.5) is 5.69 Å². The second-order valence-electron chi connectivity index (χ2n) is 10.3. The van der Waals surface area contributed by atoms with E-state index < -0.39 is 15.7 Å². The zero-order chi connectivity index (χ0) is 27.7. The minimum Gasteiger partial charge on any atom is -0.370 e. The summed E-state index contributed by atoms with van der Waals surface area (Å²) in [6.07, 6.45) is 2.91. The molecule has 2 aliphatic rings. The van der Waals surface area contributed by atoms with Gasteiger partial charge in [0.05, 0.1) is 16.5 Å². The van der Waals surface area contributed by atoms with Gasteiger partial charge in [0.15, 0.2) is 9.84 Å². The molecule has 3 aromatic carbocycles. The van der Waals surface area contributed by atoms with Crippen molar-refractivity contribution in [3.8, 4) is 0 Å². The molecule has 204 valence electrons. The van der Waals surface area contributed by atoms with E-state index in [2.05, 4.69) is 9.80 Å². The lowest BCUT2D eigenvalue weighted by molar-refractivity contribution is 0.100. The summed E-state index contributed by atoms with van der Waals surface area (Å²) >= 11 is 12.3. The number of carbonyl (C=O) groups is 1. The Morgan fingerprint density at radius 1 is 0.923 bits per heavy atom. The zero-order valence-corrected chi connectivity index (χ0v) is 24.0. The first-order valence-electron chi connectivity index (χ1n) is 12.9. The third-order valence-corrected chi connectivity index (χ3v) is 9.50. The highest BCUT2D eigenvalue weighted by atomic mass is 35.5. The van der Waals surface area contributed by atoms with Crippen LogP contribution in [0.15, 0.2) is 83.3 Å². The molecule has 0 spiro atoms. The summed E-state index contributed by atoms with van der Waals surface area (Å²) in [5, 5.41) is 1.33. The highest BCUT2D eigenvalue weighted by molar-refractivity contribution is 7.94. The molecule has 3 aromatic rings. The third kappa shape index (κ3) is 6.02. The average Bonchev–Trinajstić information content (AvgIpc) is 2.88. The molecule has 1 unspecified atom stereocenters. The molecular weight excluding hydrogens is 553 g/mol. The highest BCUT2D eigenvalue weighted by Crippen LogP contribution is 2.40. The molecule has 2 N–H and O–H groups in total. The van der Waals surface area contributed by atoms with Crippen molar-refractivity contribution in [2.45, 2.75) is 18.9 Å². The quantitative estimate of drug-likeness (QED) is 0.385. The lowest BCUT2D eigenvalue weighted by Crippen LogP contribution is -2.46. The van der Waals surface area contributed by atoms with Gasteiger partial charge in [0, 0.05) is 54.1 Å². The second kappa shape index (κ2) is 11.3. The first-order valence-corrected chi connectivity index (χ1v) is 15.6. The molecular formula is C30H31Cl2N3O3S. The summed E-state index contributed by atoms with van der Waals surface area (Å²) in [4.78, 5) is 16.9. The molecule has 1 atom stereocenters. The molecule has 0 radical (unpaired) electrons. The van der Waals surface area contributed by atoms with Gasteiger partial charge >= 0.3 is 0 Å². The first kappa shape index (κ1) is 27.7. The summed E-state index contributed by atoms with van der Waals surface area (Å²) in [5.41, 5.74) is 9.94. The van der Waals surface area contributed by atoms with Crippen LogP contribution in [0, 0.1) is 5.92 Å². The van der Waals surface area contributed by atoms with Crippen molar-refractivity contribution < 1.29 is 13.2 Å². The number of hydrogen-bond donors (Lipinski definition) is 1. The van der Waals surface area contributed by atoms with Crippen molar-refractivity contribution in [3.05, 3.63) is 110 Å². The molecule has 9 heteroatoms. The maximum absolute atomic E-state index is 13.2. The normalized spacial score (nSPS) is 18.2. The van der Waals surface area contributed by atoms with Gasteiger partial charge in [-0.3, -0.25) is 9.69 Å². The monoisotopic (exact) mass is 583 g/mol. The summed E-state index contributed by atoms with van der Waals surface area (Å²) in [7, 11) is -3.45. The smallest absolute Gasteiger partial charge is 0.250 e. The summed E-state index contributed by atoms with van der Waals surface area (Å²) in [6.45, 7) is 2.36. The van der Waals surface area contributed by atoms with Gasteiger partial charge in [-0.15, -0.1) is 0 Å². The van der Waals surface area contributed by atoms with Crippen molar-refractivity contribution in [1.82, 2.24) is 4.90 Å². The number of benzene rings is 3. The fraction of sp³-hybridized carbons (Fsp3) is 0.300. The Morgan fingerprint density at radius 3 is 2.03 bits per heavy atom. The number of anilines is 1. The topological polar surface area (TPSA) is 83.7 Å². The Morgan fingerprint density at radius 2 is 1.49 bits per heavy atom. The van der Waals surface area contributed by atoms with Crippen LogP contribution in [0.5, 0.6) is 0 Å². The number of likely N-dealkylation sites (tertiary alicyclic amines) is 1. The third-order valence-electron chi connectivity index (χ3n) is 7.57. The Balaban J connectivity index is 1.44. The van der Waals surface area contributed by atoms with Crippen molar-refractivity contribution in [2.24, 2.45) is 11.7 Å². The van der Waals surface area contributed by atoms with Crippen molar-refractivity contribution in [2.75, 3.05) is 37.3 Å². The molecule has 5 rings (SSSR count). The van der Waals surface area contributed by atoms with Crippen LogP contribution < -0.4 is 10.6 Å². The van der Waals surface area contributed by atoms with Gasteiger partial charge < -0.3 is 10.6 Å². The molecule has 0 aliphatic carbocycles. The van der Waals surface area contributed by atoms with Gasteiger partial charge in [-0.25, -0.2) is 8.42 Å². The van der Waals surface area contributed by atoms with Gasteiger partial charge in [0.2, 0.25) is 0 Å². The van der Waals surface area contributed by atoms with Crippen LogP contribution in [0.3, 0.4) is 0 Å². The van der Waals surface area contributed by atoms with E-state index in [-0.39, 0.29) is 12.0 Å². The van der Waals surface area contributed by atoms with E-state index in [9.17, 15) is 13.2 Å². The summed E-state index contributed by atoms with van der Waals surface area (Å²) < 4.78 is 26.4. The molecule has 2 aliphatic heterocycles. The number of hydrogen-bond acceptors (Lipinski definition) is 5. The number of piperidine rings is 1. The lowest BCUT2D eigenvalue weighted by Gasteiger charge is -2.44. The molecule has 2 saturated heterocycles. The minimum atomic E-state index is -3.45. The maximum atomic E-state index is 13.2. The van der Waals surface area contributed by atoms with E-state index in [1.54, 1.807) is 12.1 Å². The van der Waals surface area contributed by atoms with Crippen LogP contribution in [-0.4, -0.2) is 51.7 Å². The van der Waals surface area contributed by atoms with Crippen LogP contribution in [0.25, 0.3) is 0 Å². The number of amides is 1. The molecule has 2 heterocycles. The summed E-state index contributed by atoms with van der Waals surface area (Å²) in [5.74, 6) is -0.643. The van der Waals surface area contributed by atoms with Crippen LogP contribution >= 0.6 is 23.2 Å². The Hall–Kier alpha value is -2.84. The van der Waals surface area contributed by atoms with E-state index in [0.29, 0.717) is 40.1 Å². The van der Waals surface area contributed by atoms with Gasteiger partial charge in [-0.05, 0) is 65.9 Å². The minimum absolute atomic E-state index is 0.0607. The SMILES string of the molecule is CS(=O)(=O)C(=C1CN(C(c2ccc(Cl)cc2)c2ccc(Cl)cc2)C1)C1CCCN(c2ccccc2C(N)=O)C1. The Bertz CT molecular complexity index is 1450. The number of nitrogens with two attached hydrogens (primary N) is 1. The van der Waals surface area contributed by atoms with Gasteiger partial charge in [-0.2, -0.15) is 0 Å². The van der Waals surface area contributed by atoms with Crippen LogP contribution in [-0.2, 0) is 9.84 Å². The molecule has 2 fully saturated rings. The van der Waals surface area contributed by atoms with Gasteiger partial charge in [-0.1, -0.05) is 59.6 Å². The van der Waals surface area contributed by atoms with Gasteiger partial charge in [0.25, 0.3) is 5.91 Å². The van der Waals surface area contributed by atoms with E-state index >= 15 is 0 Å². The fourth-order valence-corrected chi connectivity index (χ4v) is 7.61. The van der Waals surface area contributed by atoms with Crippen molar-refractivity contribution >= 4 is 44.6 Å². The number of para-hydroxylation sites is 1. The standard InChI is InChI=1S/C30H31Cl2N3O3S/c1-39(37,38)29(22-5-4-16-34(17-22)27-7-3-2-6-26(27)30(33)36)23-18-35(19-23)28(20-8-12-24(31)13-9-20)21-10-14-25(32)15-11-21/h2-3,6-15,22,28H,4-5,16-19H2,1H3,(H2,33,36). The van der Waals surface area contributed by atoms with Gasteiger partial charge in [0.1, 0.15) is 0 Å². The van der Waals surface area contributed by atoms with E-state index in [1.807, 2.05) is 60.7 Å². The molecule has 0 saturated carbocycles. The number of halogens is 2. The number of nitrogens with zero attached hydrogens (tertiary/aromatic N) is 2. The predicted octanol–water partition coefficient (Wildman–Crippen LogP) is 5.71. The van der Waals surface area contributed by atoms with E-state index in [4.69, 9.17) is 28.9 Å². The number of rotatable bonds is 7. The largest absolute Gasteiger partial charge is 0.370 e. The van der Waals surface area contributed by atoms with Crippen molar-refractivity contribution in [1.29, 1.82) is 0 Å². The van der Waals surface area contributed by atoms with E-state index in [0.717, 1.165) is 41.8 Å². The zero-order valence-electron chi connectivity index (χ0n) is 21.7. The van der Waals surface area contributed by atoms with Crippen LogP contribution in [0.1, 0.15) is 40.4 Å². The Labute approximate surface area is 239 Å². The lowest BCUT2D eigenvalue weighted by atomic mass is 9.89. The predicted molar refractivity (Wildman–Crippen MR) is 158 cm³/mol. The van der Waals surface area contributed by atoms with Crippen LogP contribution in [0.2, 0.25) is 10.0 Å². The molecule has 0 bridgehead atoms. The highest BCUT2D eigenvalue weighted by Gasteiger charge is 2.38. The molecule has 6 nitrogen and oxygen atoms in total. The van der Waals surface area contributed by atoms with Crippen molar-refractivity contribution in [3.63, 3.8) is 0 Å². The summed E-state index contributed by atoms with van der Waals surface area (Å²) in [6, 6.07) is 22.7. The number of primary amides is 1. The second-order valence-corrected chi connectivity index (χ2v) is 13.2. The average molecular weight is 585 g/mol. The molecule has 39 heavy (non-hydrogen) atoms. The first-order chi connectivity index (χ1) is 18.6.